The van der Waals surface area contributed by atoms with Crippen molar-refractivity contribution in [2.24, 2.45) is 11.7 Å². The van der Waals surface area contributed by atoms with Crippen molar-refractivity contribution in [2.75, 3.05) is 0 Å². The van der Waals surface area contributed by atoms with Crippen molar-refractivity contribution in [1.82, 2.24) is 9.88 Å². The Morgan fingerprint density at radius 3 is 2.36 bits per heavy atom. The number of fused-ring (bicyclic) bond motifs is 1. The molecule has 0 aliphatic heterocycles. The van der Waals surface area contributed by atoms with Gasteiger partial charge in [-0.3, -0.25) is 10.2 Å². The lowest BCUT2D eigenvalue weighted by atomic mass is 9.94. The number of aromatic nitrogens is 1. The smallest absolute Gasteiger partial charge is 0.407 e. The summed E-state index contributed by atoms with van der Waals surface area (Å²) in [5.41, 5.74) is 7.91. The lowest BCUT2D eigenvalue weighted by Crippen LogP contribution is -2.35. The maximum absolute atomic E-state index is 13.6. The van der Waals surface area contributed by atoms with E-state index in [1.165, 1.54) is 0 Å². The molecule has 3 rings (SSSR count). The summed E-state index contributed by atoms with van der Waals surface area (Å²) in [6.45, 7) is 10.1. The van der Waals surface area contributed by atoms with Gasteiger partial charge in [0, 0.05) is 28.8 Å². The molecule has 0 radical (unpaired) electrons. The molecule has 0 bridgehead atoms. The molecular formula is C26H32N4O3. The van der Waals surface area contributed by atoms with Crippen LogP contribution in [-0.4, -0.2) is 22.1 Å². The summed E-state index contributed by atoms with van der Waals surface area (Å²) in [4.78, 5) is 26.0. The number of pyridine rings is 1. The zero-order chi connectivity index (χ0) is 24.3. The van der Waals surface area contributed by atoms with Crippen LogP contribution < -0.4 is 16.6 Å². The first-order valence-corrected chi connectivity index (χ1v) is 11.0. The fourth-order valence-electron chi connectivity index (χ4n) is 3.80. The molecule has 0 aliphatic rings. The molecule has 1 aromatic heterocycles. The molecule has 0 saturated carbocycles. The molecule has 1 heterocycles. The largest absolute Gasteiger partial charge is 0.444 e. The van der Waals surface area contributed by atoms with Crippen LogP contribution in [0.3, 0.4) is 0 Å². The first-order chi connectivity index (χ1) is 15.5. The molecule has 0 fully saturated rings. The van der Waals surface area contributed by atoms with E-state index in [1.807, 2.05) is 44.2 Å². The van der Waals surface area contributed by atoms with E-state index in [1.54, 1.807) is 43.5 Å². The van der Waals surface area contributed by atoms with Crippen LogP contribution in [0.2, 0.25) is 0 Å². The van der Waals surface area contributed by atoms with Gasteiger partial charge in [-0.25, -0.2) is 4.79 Å². The van der Waals surface area contributed by atoms with Crippen molar-refractivity contribution in [1.29, 1.82) is 5.41 Å². The minimum Gasteiger partial charge on any atom is -0.444 e. The van der Waals surface area contributed by atoms with E-state index in [0.29, 0.717) is 28.6 Å². The summed E-state index contributed by atoms with van der Waals surface area (Å²) in [6, 6.07) is 14.9. The molecule has 2 aromatic carbocycles. The highest BCUT2D eigenvalue weighted by atomic mass is 16.6. The molecule has 0 aliphatic carbocycles. The van der Waals surface area contributed by atoms with Crippen LogP contribution in [0.25, 0.3) is 21.9 Å². The average molecular weight is 449 g/mol. The number of nitrogens with one attached hydrogen (secondary N) is 2. The predicted molar refractivity (Wildman–Crippen MR) is 133 cm³/mol. The number of carbonyl (C=O) groups excluding carboxylic acids is 1. The van der Waals surface area contributed by atoms with Crippen molar-refractivity contribution in [2.45, 2.75) is 53.3 Å². The maximum atomic E-state index is 13.6. The molecule has 4 N–H and O–H groups in total. The van der Waals surface area contributed by atoms with Crippen molar-refractivity contribution in [3.05, 3.63) is 70.1 Å². The van der Waals surface area contributed by atoms with Gasteiger partial charge >= 0.3 is 6.09 Å². The molecule has 0 unspecified atom stereocenters. The Balaban J connectivity index is 2.30. The van der Waals surface area contributed by atoms with Gasteiger partial charge in [-0.1, -0.05) is 50.2 Å². The summed E-state index contributed by atoms with van der Waals surface area (Å²) in [6.07, 6.45) is -0.553. The lowest BCUT2D eigenvalue weighted by Gasteiger charge is -2.23. The first-order valence-electron chi connectivity index (χ1n) is 11.0. The van der Waals surface area contributed by atoms with E-state index in [-0.39, 0.29) is 23.9 Å². The van der Waals surface area contributed by atoms with E-state index in [9.17, 15) is 9.59 Å². The van der Waals surface area contributed by atoms with Crippen LogP contribution in [0.15, 0.2) is 53.3 Å². The Kier molecular flexibility index (Phi) is 6.91. The minimum absolute atomic E-state index is 0.0734. The second kappa shape index (κ2) is 9.48. The third kappa shape index (κ3) is 5.61. The van der Waals surface area contributed by atoms with E-state index >= 15 is 0 Å². The number of nitrogen functional groups attached to an aromatic ring is 1. The second-order valence-corrected chi connectivity index (χ2v) is 9.53. The number of hydrogen-bond donors (Lipinski definition) is 3. The Bertz CT molecular complexity index is 1240. The highest BCUT2D eigenvalue weighted by Crippen LogP contribution is 2.32. The zero-order valence-corrected chi connectivity index (χ0v) is 19.9. The zero-order valence-electron chi connectivity index (χ0n) is 19.9. The monoisotopic (exact) mass is 448 g/mol. The highest BCUT2D eigenvalue weighted by molar-refractivity contribution is 6.03. The Labute approximate surface area is 194 Å². The maximum Gasteiger partial charge on any atom is 0.407 e. The number of hydrogen-bond acceptors (Lipinski definition) is 4. The molecule has 3 aromatic rings. The van der Waals surface area contributed by atoms with Crippen LogP contribution in [0.5, 0.6) is 0 Å². The third-order valence-electron chi connectivity index (χ3n) is 5.10. The summed E-state index contributed by atoms with van der Waals surface area (Å²) in [5, 5.41) is 11.9. The Morgan fingerprint density at radius 2 is 1.79 bits per heavy atom. The lowest BCUT2D eigenvalue weighted by molar-refractivity contribution is 0.0522. The number of benzene rings is 2. The van der Waals surface area contributed by atoms with Crippen LogP contribution in [-0.2, 0) is 17.8 Å². The summed E-state index contributed by atoms with van der Waals surface area (Å²) in [7, 11) is 0. The van der Waals surface area contributed by atoms with Gasteiger partial charge < -0.3 is 20.4 Å². The van der Waals surface area contributed by atoms with E-state index in [4.69, 9.17) is 15.9 Å². The molecule has 0 spiro atoms. The fourth-order valence-corrected chi connectivity index (χ4v) is 3.80. The average Bonchev–Trinajstić information content (AvgIpc) is 2.73. The fraction of sp³-hybridized carbons (Fsp3) is 0.346. The van der Waals surface area contributed by atoms with Crippen molar-refractivity contribution >= 4 is 22.7 Å². The molecule has 174 valence electrons. The van der Waals surface area contributed by atoms with Crippen LogP contribution >= 0.6 is 0 Å². The number of nitrogens with zero attached hydrogens (tertiary/aromatic N) is 1. The normalized spacial score (nSPS) is 11.6. The number of rotatable bonds is 6. The first kappa shape index (κ1) is 24.0. The quantitative estimate of drug-likeness (QED) is 0.377. The molecule has 1 amide bonds. The molecule has 7 nitrogen and oxygen atoms in total. The number of alkyl carbamates (subject to hydrolysis) is 1. The van der Waals surface area contributed by atoms with E-state index in [0.717, 1.165) is 11.1 Å². The van der Waals surface area contributed by atoms with Crippen LogP contribution in [0, 0.1) is 11.3 Å². The Morgan fingerprint density at radius 1 is 1.12 bits per heavy atom. The second-order valence-electron chi connectivity index (χ2n) is 9.53. The van der Waals surface area contributed by atoms with Gasteiger partial charge in [-0.05, 0) is 49.8 Å². The van der Waals surface area contributed by atoms with Gasteiger partial charge in [0.15, 0.2) is 0 Å². The van der Waals surface area contributed by atoms with Gasteiger partial charge in [-0.2, -0.15) is 0 Å². The van der Waals surface area contributed by atoms with Crippen molar-refractivity contribution in [3.63, 3.8) is 0 Å². The number of amidine groups is 1. The standard InChI is InChI=1S/C26H32N4O3/c1-16(2)15-30-21(14-29-25(32)33-26(3,4)5)22(17-9-7-6-8-10-17)20-13-18(23(27)28)11-12-19(20)24(30)31/h6-13,16H,14-15H2,1-5H3,(H3,27,28)(H,29,32). The molecular weight excluding hydrogens is 416 g/mol. The molecule has 7 heteroatoms. The van der Waals surface area contributed by atoms with Gasteiger partial charge in [0.1, 0.15) is 11.4 Å². The number of carbonyl (C=O) groups is 1. The van der Waals surface area contributed by atoms with Gasteiger partial charge in [0.2, 0.25) is 0 Å². The number of amides is 1. The minimum atomic E-state index is -0.635. The van der Waals surface area contributed by atoms with E-state index in [2.05, 4.69) is 5.32 Å². The Hall–Kier alpha value is -3.61. The van der Waals surface area contributed by atoms with Crippen molar-refractivity contribution < 1.29 is 9.53 Å². The summed E-state index contributed by atoms with van der Waals surface area (Å²) >= 11 is 0. The predicted octanol–water partition coefficient (Wildman–Crippen LogP) is 4.63. The van der Waals surface area contributed by atoms with Crippen molar-refractivity contribution in [3.8, 4) is 11.1 Å². The van der Waals surface area contributed by atoms with Gasteiger partial charge in [0.25, 0.3) is 5.56 Å². The molecule has 0 atom stereocenters. The number of nitrogens with two attached hydrogens (primary N) is 1. The van der Waals surface area contributed by atoms with Crippen LogP contribution in [0.4, 0.5) is 4.79 Å². The van der Waals surface area contributed by atoms with Gasteiger partial charge in [0.05, 0.1) is 6.54 Å². The SMILES string of the molecule is CC(C)Cn1c(CNC(=O)OC(C)(C)C)c(-c2ccccc2)c2cc(C(=N)N)ccc2c1=O. The highest BCUT2D eigenvalue weighted by Gasteiger charge is 2.21. The van der Waals surface area contributed by atoms with Gasteiger partial charge in [-0.15, -0.1) is 0 Å². The van der Waals surface area contributed by atoms with E-state index < -0.39 is 11.7 Å². The number of ether oxygens (including phenoxy) is 1. The topological polar surface area (TPSA) is 110 Å². The molecule has 33 heavy (non-hydrogen) atoms. The third-order valence-corrected chi connectivity index (χ3v) is 5.10. The van der Waals surface area contributed by atoms with Crippen LogP contribution in [0.1, 0.15) is 45.9 Å². The molecule has 0 saturated heterocycles. The summed E-state index contributed by atoms with van der Waals surface area (Å²) in [5.74, 6) is 0.135. The summed E-state index contributed by atoms with van der Waals surface area (Å²) < 4.78 is 7.15.